The number of piperazine rings is 1. The van der Waals surface area contributed by atoms with Crippen molar-refractivity contribution in [2.45, 2.75) is 19.8 Å². The monoisotopic (exact) mass is 444 g/mol. The fraction of sp³-hybridized carbons (Fsp3) is 0.292. The van der Waals surface area contributed by atoms with Crippen molar-refractivity contribution in [1.29, 1.82) is 0 Å². The Labute approximate surface area is 190 Å². The number of aromatic amines is 1. The zero-order valence-electron chi connectivity index (χ0n) is 18.5. The average Bonchev–Trinajstić information content (AvgIpc) is 3.51. The third kappa shape index (κ3) is 3.97. The van der Waals surface area contributed by atoms with Crippen molar-refractivity contribution in [3.63, 3.8) is 0 Å². The minimum absolute atomic E-state index is 0.167. The van der Waals surface area contributed by atoms with Gasteiger partial charge in [-0.05, 0) is 18.2 Å². The number of carbonyl (C=O) groups is 2. The number of benzene rings is 1. The summed E-state index contributed by atoms with van der Waals surface area (Å²) in [4.78, 5) is 41.4. The molecule has 5 rings (SSSR count). The number of nitrogens with one attached hydrogen (secondary N) is 1. The van der Waals surface area contributed by atoms with Gasteiger partial charge in [0.05, 0.1) is 5.56 Å². The standard InChI is InChI=1S/C24H24N6O3/c1-15(2)23-27-22(28-33-23)16-7-8-20(26-13-16)29-9-11-30(12-10-29)24(32)21(31)18-14-25-19-6-4-3-5-17(18)19/h3-8,13-15,25H,9-12H2,1-2H3. The predicted molar refractivity (Wildman–Crippen MR) is 123 cm³/mol. The first-order valence-corrected chi connectivity index (χ1v) is 11.0. The number of pyridine rings is 1. The Hall–Kier alpha value is -4.01. The number of hydrogen-bond acceptors (Lipinski definition) is 7. The molecule has 1 N–H and O–H groups in total. The van der Waals surface area contributed by atoms with Gasteiger partial charge in [-0.2, -0.15) is 4.98 Å². The highest BCUT2D eigenvalue weighted by molar-refractivity contribution is 6.44. The first kappa shape index (κ1) is 20.9. The summed E-state index contributed by atoms with van der Waals surface area (Å²) in [7, 11) is 0. The SMILES string of the molecule is CC(C)c1nc(-c2ccc(N3CCN(C(=O)C(=O)c4c[nH]c5ccccc45)CC3)nc2)no1. The third-order valence-electron chi connectivity index (χ3n) is 5.86. The van der Waals surface area contributed by atoms with Gasteiger partial charge in [0.1, 0.15) is 5.82 Å². The van der Waals surface area contributed by atoms with Crippen molar-refractivity contribution >= 4 is 28.4 Å². The number of amides is 1. The number of rotatable bonds is 5. The third-order valence-corrected chi connectivity index (χ3v) is 5.86. The van der Waals surface area contributed by atoms with Gasteiger partial charge in [0, 0.05) is 61.0 Å². The van der Waals surface area contributed by atoms with Gasteiger partial charge in [0.2, 0.25) is 11.7 Å². The van der Waals surface area contributed by atoms with Gasteiger partial charge in [0.25, 0.3) is 11.7 Å². The minimum atomic E-state index is -0.482. The van der Waals surface area contributed by atoms with E-state index in [0.717, 1.165) is 22.3 Å². The van der Waals surface area contributed by atoms with Crippen LogP contribution in [0.25, 0.3) is 22.3 Å². The number of Topliss-reactive ketones (excluding diaryl/α,β-unsaturated/α-hetero) is 1. The van der Waals surface area contributed by atoms with E-state index >= 15 is 0 Å². The zero-order valence-corrected chi connectivity index (χ0v) is 18.5. The van der Waals surface area contributed by atoms with Gasteiger partial charge in [-0.1, -0.05) is 37.2 Å². The molecule has 1 aromatic carbocycles. The number of fused-ring (bicyclic) bond motifs is 1. The number of aromatic nitrogens is 4. The quantitative estimate of drug-likeness (QED) is 0.372. The van der Waals surface area contributed by atoms with Crippen LogP contribution < -0.4 is 4.90 Å². The number of anilines is 1. The molecule has 168 valence electrons. The summed E-state index contributed by atoms with van der Waals surface area (Å²) in [5.41, 5.74) is 2.04. The van der Waals surface area contributed by atoms with E-state index in [1.165, 1.54) is 0 Å². The lowest BCUT2D eigenvalue weighted by molar-refractivity contribution is -0.126. The molecule has 0 spiro atoms. The second-order valence-corrected chi connectivity index (χ2v) is 8.37. The van der Waals surface area contributed by atoms with Crippen LogP contribution in [0.3, 0.4) is 0 Å². The minimum Gasteiger partial charge on any atom is -0.360 e. The van der Waals surface area contributed by atoms with Crippen LogP contribution in [-0.4, -0.2) is 62.9 Å². The maximum Gasteiger partial charge on any atom is 0.295 e. The molecule has 0 radical (unpaired) electrons. The number of hydrogen-bond donors (Lipinski definition) is 1. The molecule has 0 saturated carbocycles. The van der Waals surface area contributed by atoms with E-state index in [4.69, 9.17) is 4.52 Å². The molecule has 4 heterocycles. The molecule has 1 amide bonds. The van der Waals surface area contributed by atoms with Crippen LogP contribution >= 0.6 is 0 Å². The molecule has 1 aliphatic rings. The summed E-state index contributed by atoms with van der Waals surface area (Å²) in [5, 5.41) is 4.78. The van der Waals surface area contributed by atoms with Crippen molar-refractivity contribution in [3.05, 3.63) is 60.2 Å². The van der Waals surface area contributed by atoms with Crippen LogP contribution in [0.2, 0.25) is 0 Å². The molecule has 0 atom stereocenters. The summed E-state index contributed by atoms with van der Waals surface area (Å²) < 4.78 is 5.26. The molecule has 9 heteroatoms. The van der Waals surface area contributed by atoms with Crippen LogP contribution in [0.5, 0.6) is 0 Å². The molecule has 3 aromatic heterocycles. The van der Waals surface area contributed by atoms with Crippen LogP contribution in [0.1, 0.15) is 36.0 Å². The molecule has 1 aliphatic heterocycles. The molecule has 33 heavy (non-hydrogen) atoms. The Kier molecular flexibility index (Phi) is 5.37. The Morgan fingerprint density at radius 2 is 1.85 bits per heavy atom. The van der Waals surface area contributed by atoms with E-state index in [1.807, 2.05) is 50.2 Å². The molecule has 0 unspecified atom stereocenters. The molecular formula is C24H24N6O3. The fourth-order valence-corrected chi connectivity index (χ4v) is 3.95. The van der Waals surface area contributed by atoms with E-state index in [9.17, 15) is 9.59 Å². The smallest absolute Gasteiger partial charge is 0.295 e. The van der Waals surface area contributed by atoms with E-state index in [2.05, 4.69) is 25.0 Å². The Morgan fingerprint density at radius 1 is 1.06 bits per heavy atom. The predicted octanol–water partition coefficient (Wildman–Crippen LogP) is 3.27. The van der Waals surface area contributed by atoms with Gasteiger partial charge >= 0.3 is 0 Å². The summed E-state index contributed by atoms with van der Waals surface area (Å²) >= 11 is 0. The lowest BCUT2D eigenvalue weighted by atomic mass is 10.1. The summed E-state index contributed by atoms with van der Waals surface area (Å²) in [6.45, 7) is 6.10. The first-order valence-electron chi connectivity index (χ1n) is 11.0. The second kappa shape index (κ2) is 8.50. The van der Waals surface area contributed by atoms with Crippen LogP contribution in [-0.2, 0) is 4.79 Å². The summed E-state index contributed by atoms with van der Waals surface area (Å²) in [5.74, 6) is 1.13. The van der Waals surface area contributed by atoms with Gasteiger partial charge in [-0.3, -0.25) is 9.59 Å². The zero-order chi connectivity index (χ0) is 22.9. The summed E-state index contributed by atoms with van der Waals surface area (Å²) in [6.07, 6.45) is 3.34. The molecule has 0 bridgehead atoms. The lowest BCUT2D eigenvalue weighted by Crippen LogP contribution is -2.50. The Morgan fingerprint density at radius 3 is 2.55 bits per heavy atom. The Balaban J connectivity index is 1.22. The highest BCUT2D eigenvalue weighted by Gasteiger charge is 2.28. The number of carbonyl (C=O) groups excluding carboxylic acids is 2. The Bertz CT molecular complexity index is 1300. The lowest BCUT2D eigenvalue weighted by Gasteiger charge is -2.35. The van der Waals surface area contributed by atoms with E-state index in [0.29, 0.717) is 43.5 Å². The highest BCUT2D eigenvalue weighted by Crippen LogP contribution is 2.22. The van der Waals surface area contributed by atoms with Crippen molar-refractivity contribution in [2.75, 3.05) is 31.1 Å². The maximum absolute atomic E-state index is 12.8. The maximum atomic E-state index is 12.8. The van der Waals surface area contributed by atoms with Gasteiger partial charge in [-0.25, -0.2) is 4.98 Å². The van der Waals surface area contributed by atoms with Gasteiger partial charge in [-0.15, -0.1) is 0 Å². The first-order chi connectivity index (χ1) is 16.0. The van der Waals surface area contributed by atoms with Crippen molar-refractivity contribution < 1.29 is 14.1 Å². The van der Waals surface area contributed by atoms with Gasteiger partial charge in [0.15, 0.2) is 0 Å². The average molecular weight is 444 g/mol. The molecule has 4 aromatic rings. The van der Waals surface area contributed by atoms with Crippen molar-refractivity contribution in [3.8, 4) is 11.4 Å². The van der Waals surface area contributed by atoms with E-state index < -0.39 is 11.7 Å². The second-order valence-electron chi connectivity index (χ2n) is 8.37. The molecule has 9 nitrogen and oxygen atoms in total. The molecular weight excluding hydrogens is 420 g/mol. The summed E-state index contributed by atoms with van der Waals surface area (Å²) in [6, 6.07) is 11.3. The number of ketones is 1. The number of nitrogens with zero attached hydrogens (tertiary/aromatic N) is 5. The van der Waals surface area contributed by atoms with Crippen LogP contribution in [0.15, 0.2) is 53.3 Å². The molecule has 1 fully saturated rings. The van der Waals surface area contributed by atoms with Crippen LogP contribution in [0.4, 0.5) is 5.82 Å². The van der Waals surface area contributed by atoms with Crippen LogP contribution in [0, 0.1) is 0 Å². The van der Waals surface area contributed by atoms with E-state index in [-0.39, 0.29) is 5.92 Å². The number of para-hydroxylation sites is 1. The highest BCUT2D eigenvalue weighted by atomic mass is 16.5. The largest absolute Gasteiger partial charge is 0.360 e. The van der Waals surface area contributed by atoms with Gasteiger partial charge < -0.3 is 19.3 Å². The van der Waals surface area contributed by atoms with Crippen molar-refractivity contribution in [1.82, 2.24) is 25.0 Å². The van der Waals surface area contributed by atoms with E-state index in [1.54, 1.807) is 17.3 Å². The molecule has 1 saturated heterocycles. The normalized spacial score (nSPS) is 14.3. The topological polar surface area (TPSA) is 108 Å². The fourth-order valence-electron chi connectivity index (χ4n) is 3.95. The number of H-pyrrole nitrogens is 1. The van der Waals surface area contributed by atoms with Crippen molar-refractivity contribution in [2.24, 2.45) is 0 Å². The molecule has 0 aliphatic carbocycles.